The number of aliphatic hydroxyl groups excluding tert-OH is 2. The molecule has 2 aromatic heterocycles. The van der Waals surface area contributed by atoms with Crippen LogP contribution in [-0.4, -0.2) is 53.9 Å². The first-order chi connectivity index (χ1) is 27.4. The fraction of sp³-hybridized carbons (Fsp3) is 0.364. The number of hydrogen-bond donors (Lipinski definition) is 6. The zero-order valence-corrected chi connectivity index (χ0v) is 33.1. The smallest absolute Gasteiger partial charge is 0.258 e. The van der Waals surface area contributed by atoms with Gasteiger partial charge < -0.3 is 30.8 Å². The number of fused-ring (bicyclic) bond motifs is 2. The summed E-state index contributed by atoms with van der Waals surface area (Å²) in [6.07, 6.45) is 8.85. The maximum Gasteiger partial charge on any atom is 0.258 e. The third kappa shape index (κ3) is 10.8. The van der Waals surface area contributed by atoms with Gasteiger partial charge >= 0.3 is 0 Å². The summed E-state index contributed by atoms with van der Waals surface area (Å²) < 4.78 is 0. The van der Waals surface area contributed by atoms with Gasteiger partial charge in [0.05, 0.1) is 33.3 Å². The van der Waals surface area contributed by atoms with Crippen molar-refractivity contribution in [3.8, 4) is 0 Å². The predicted octanol–water partition coefficient (Wildman–Crippen LogP) is 8.90. The van der Waals surface area contributed by atoms with E-state index in [1.165, 1.54) is 0 Å². The van der Waals surface area contributed by atoms with E-state index < -0.39 is 0 Å². The number of hydrogen-bond acceptors (Lipinski definition) is 10. The van der Waals surface area contributed by atoms with Crippen molar-refractivity contribution in [3.05, 3.63) is 129 Å². The SMILES string of the molecule is O=c1[nH]c(CSC2CCC(CO)CC2)nc2cc(Nc3ccccc3)ccc12.O=c1[nH]c(CSC2CCC(CO)CC2)nc2cc(Nc3ccccc3)ccc12. The molecule has 8 rings (SSSR count). The van der Waals surface area contributed by atoms with Gasteiger partial charge in [-0.2, -0.15) is 23.5 Å². The number of nitrogens with zero attached hydrogens (tertiary/aromatic N) is 2. The Morgan fingerprint density at radius 2 is 0.929 bits per heavy atom. The van der Waals surface area contributed by atoms with Crippen molar-refractivity contribution in [2.75, 3.05) is 23.8 Å². The van der Waals surface area contributed by atoms with Gasteiger partial charge in [0, 0.05) is 46.5 Å². The minimum atomic E-state index is -0.0872. The van der Waals surface area contributed by atoms with Crippen LogP contribution in [0.4, 0.5) is 22.7 Å². The highest BCUT2D eigenvalue weighted by Crippen LogP contribution is 2.34. The molecule has 0 aliphatic heterocycles. The summed E-state index contributed by atoms with van der Waals surface area (Å²) in [6.45, 7) is 0.604. The fourth-order valence-electron chi connectivity index (χ4n) is 7.40. The average Bonchev–Trinajstić information content (AvgIpc) is 3.23. The molecule has 2 aliphatic carbocycles. The van der Waals surface area contributed by atoms with Crippen molar-refractivity contribution in [1.82, 2.24) is 19.9 Å². The van der Waals surface area contributed by atoms with Crippen molar-refractivity contribution in [1.29, 1.82) is 0 Å². The van der Waals surface area contributed by atoms with Gasteiger partial charge in [0.1, 0.15) is 11.6 Å². The lowest BCUT2D eigenvalue weighted by Crippen LogP contribution is -2.19. The molecule has 0 saturated heterocycles. The number of nitrogens with one attached hydrogen (secondary N) is 4. The number of aliphatic hydroxyl groups is 2. The molecule has 2 fully saturated rings. The second-order valence-electron chi connectivity index (χ2n) is 14.7. The van der Waals surface area contributed by atoms with Crippen LogP contribution in [0.25, 0.3) is 21.8 Å². The van der Waals surface area contributed by atoms with E-state index in [9.17, 15) is 19.8 Å². The van der Waals surface area contributed by atoms with E-state index in [0.717, 1.165) is 85.8 Å². The summed E-state index contributed by atoms with van der Waals surface area (Å²) in [5.74, 6) is 3.79. The van der Waals surface area contributed by atoms with Gasteiger partial charge in [-0.05, 0) is 124 Å². The van der Waals surface area contributed by atoms with Crippen LogP contribution in [0.5, 0.6) is 0 Å². The van der Waals surface area contributed by atoms with Crippen LogP contribution in [0.1, 0.15) is 63.0 Å². The van der Waals surface area contributed by atoms with Crippen LogP contribution in [0, 0.1) is 11.8 Å². The van der Waals surface area contributed by atoms with E-state index in [0.29, 0.717) is 68.9 Å². The Labute approximate surface area is 335 Å². The van der Waals surface area contributed by atoms with Gasteiger partial charge in [0.15, 0.2) is 0 Å². The third-order valence-electron chi connectivity index (χ3n) is 10.7. The van der Waals surface area contributed by atoms with Gasteiger partial charge in [0.2, 0.25) is 0 Å². The molecule has 6 N–H and O–H groups in total. The van der Waals surface area contributed by atoms with Crippen LogP contribution in [0.2, 0.25) is 0 Å². The van der Waals surface area contributed by atoms with Crippen LogP contribution in [-0.2, 0) is 11.5 Å². The predicted molar refractivity (Wildman–Crippen MR) is 232 cm³/mol. The summed E-state index contributed by atoms with van der Waals surface area (Å²) in [4.78, 5) is 40.2. The third-order valence-corrected chi connectivity index (χ3v) is 13.4. The zero-order chi connectivity index (χ0) is 38.7. The van der Waals surface area contributed by atoms with Crippen LogP contribution < -0.4 is 21.8 Å². The van der Waals surface area contributed by atoms with Crippen molar-refractivity contribution in [2.24, 2.45) is 11.8 Å². The Morgan fingerprint density at radius 1 is 0.536 bits per heavy atom. The summed E-state index contributed by atoms with van der Waals surface area (Å²) in [5, 5.41) is 27.6. The average molecular weight is 791 g/mol. The van der Waals surface area contributed by atoms with Crippen molar-refractivity contribution >= 4 is 68.1 Å². The first-order valence-corrected chi connectivity index (χ1v) is 21.7. The lowest BCUT2D eigenvalue weighted by Gasteiger charge is -2.26. The second kappa shape index (κ2) is 19.5. The van der Waals surface area contributed by atoms with Gasteiger partial charge in [-0.1, -0.05) is 36.4 Å². The summed E-state index contributed by atoms with van der Waals surface area (Å²) >= 11 is 3.71. The number of benzene rings is 4. The van der Waals surface area contributed by atoms with Gasteiger partial charge in [-0.25, -0.2) is 9.97 Å². The highest BCUT2D eigenvalue weighted by atomic mass is 32.2. The first kappa shape index (κ1) is 39.6. The number of H-pyrrole nitrogens is 2. The van der Waals surface area contributed by atoms with E-state index in [4.69, 9.17) is 9.97 Å². The van der Waals surface area contributed by atoms with Crippen molar-refractivity contribution < 1.29 is 10.2 Å². The number of rotatable bonds is 12. The van der Waals surface area contributed by atoms with E-state index in [2.05, 4.69) is 20.6 Å². The highest BCUT2D eigenvalue weighted by Gasteiger charge is 2.22. The number of aromatic nitrogens is 4. The standard InChI is InChI=1S/2C22H25N3O2S/c2*26-13-15-6-9-18(10-7-15)28-14-21-24-20-12-17(8-11-19(20)22(27)25-21)23-16-4-2-1-3-5-16/h2*1-5,8,11-12,15,18,23,26H,6-7,9-10,13-14H2,(H,24,25,27). The molecule has 0 radical (unpaired) electrons. The maximum absolute atomic E-state index is 12.4. The molecule has 10 nitrogen and oxygen atoms in total. The Hall–Kier alpha value is -4.62. The minimum absolute atomic E-state index is 0.0872. The van der Waals surface area contributed by atoms with E-state index >= 15 is 0 Å². The lowest BCUT2D eigenvalue weighted by atomic mass is 9.90. The minimum Gasteiger partial charge on any atom is -0.396 e. The monoisotopic (exact) mass is 790 g/mol. The lowest BCUT2D eigenvalue weighted by molar-refractivity contribution is 0.192. The largest absolute Gasteiger partial charge is 0.396 e. The molecular formula is C44H50N6O4S2. The van der Waals surface area contributed by atoms with E-state index in [1.807, 2.05) is 121 Å². The van der Waals surface area contributed by atoms with Gasteiger partial charge in [-0.15, -0.1) is 0 Å². The summed E-state index contributed by atoms with van der Waals surface area (Å²) in [6, 6.07) is 31.2. The summed E-state index contributed by atoms with van der Waals surface area (Å²) in [7, 11) is 0. The zero-order valence-electron chi connectivity index (χ0n) is 31.5. The fourth-order valence-corrected chi connectivity index (χ4v) is 9.67. The molecule has 0 spiro atoms. The van der Waals surface area contributed by atoms with Gasteiger partial charge in [0.25, 0.3) is 11.1 Å². The number of anilines is 4. The van der Waals surface area contributed by atoms with Crippen molar-refractivity contribution in [3.63, 3.8) is 0 Å². The van der Waals surface area contributed by atoms with E-state index in [-0.39, 0.29) is 11.1 Å². The highest BCUT2D eigenvalue weighted by molar-refractivity contribution is 7.99. The van der Waals surface area contributed by atoms with Crippen LogP contribution in [0.15, 0.2) is 107 Å². The Balaban J connectivity index is 0.000000172. The molecule has 0 atom stereocenters. The normalized spacial score (nSPS) is 19.6. The summed E-state index contributed by atoms with van der Waals surface area (Å²) in [5.41, 5.74) is 5.08. The molecule has 6 aromatic rings. The van der Waals surface area contributed by atoms with Crippen LogP contribution >= 0.6 is 23.5 Å². The molecular weight excluding hydrogens is 741 g/mol. The topological polar surface area (TPSA) is 156 Å². The molecule has 12 heteroatoms. The van der Waals surface area contributed by atoms with Crippen molar-refractivity contribution in [2.45, 2.75) is 73.4 Å². The molecule has 0 unspecified atom stereocenters. The van der Waals surface area contributed by atoms with E-state index in [1.54, 1.807) is 0 Å². The molecule has 292 valence electrons. The van der Waals surface area contributed by atoms with Gasteiger partial charge in [-0.3, -0.25) is 9.59 Å². The number of aromatic amines is 2. The molecule has 0 amide bonds. The number of thioether (sulfide) groups is 2. The Bertz CT molecular complexity index is 2130. The Kier molecular flexibility index (Phi) is 13.8. The molecule has 2 saturated carbocycles. The molecule has 4 aromatic carbocycles. The first-order valence-electron chi connectivity index (χ1n) is 19.6. The molecule has 2 aliphatic rings. The van der Waals surface area contributed by atoms with Crippen LogP contribution in [0.3, 0.4) is 0 Å². The quantitative estimate of drug-likeness (QED) is 0.0708. The molecule has 2 heterocycles. The second-order valence-corrected chi connectivity index (χ2v) is 17.3. The maximum atomic E-state index is 12.4. The molecule has 0 bridgehead atoms. The molecule has 56 heavy (non-hydrogen) atoms. The number of para-hydroxylation sites is 2. The Morgan fingerprint density at radius 3 is 1.30 bits per heavy atom.